The quantitative estimate of drug-likeness (QED) is 0.780. The van der Waals surface area contributed by atoms with Crippen molar-refractivity contribution >= 4 is 17.3 Å². The number of esters is 1. The zero-order valence-corrected chi connectivity index (χ0v) is 13.9. The Kier molecular flexibility index (Phi) is 3.22. The van der Waals surface area contributed by atoms with E-state index >= 15 is 0 Å². The lowest BCUT2D eigenvalue weighted by Crippen LogP contribution is -2.25. The molecule has 0 N–H and O–H groups in total. The van der Waals surface area contributed by atoms with Crippen molar-refractivity contribution in [2.24, 2.45) is 23.7 Å². The molecule has 4 rings (SSSR count). The van der Waals surface area contributed by atoms with E-state index in [1.165, 1.54) is 12.5 Å². The van der Waals surface area contributed by atoms with Crippen LogP contribution in [0.4, 0.5) is 0 Å². The van der Waals surface area contributed by atoms with Gasteiger partial charge in [-0.05, 0) is 56.1 Å². The van der Waals surface area contributed by atoms with E-state index in [0.29, 0.717) is 23.2 Å². The molecule has 2 bridgehead atoms. The van der Waals surface area contributed by atoms with Gasteiger partial charge >= 0.3 is 5.97 Å². The fourth-order valence-corrected chi connectivity index (χ4v) is 5.13. The Morgan fingerprint density at radius 1 is 1.13 bits per heavy atom. The van der Waals surface area contributed by atoms with Crippen molar-refractivity contribution < 1.29 is 14.3 Å². The Bertz CT molecular complexity index is 743. The van der Waals surface area contributed by atoms with Crippen LogP contribution < -0.4 is 0 Å². The second kappa shape index (κ2) is 5.05. The number of benzene rings is 1. The largest absolute Gasteiger partial charge is 0.430 e. The second-order valence-electron chi connectivity index (χ2n) is 7.40. The third-order valence-electron chi connectivity index (χ3n) is 5.92. The first-order chi connectivity index (χ1) is 11.0. The topological polar surface area (TPSA) is 43.4 Å². The van der Waals surface area contributed by atoms with E-state index in [1.807, 2.05) is 26.0 Å². The number of aryl methyl sites for hydroxylation is 2. The molecule has 0 aromatic heterocycles. The smallest absolute Gasteiger partial charge is 0.307 e. The van der Waals surface area contributed by atoms with Crippen molar-refractivity contribution in [1.29, 1.82) is 0 Å². The van der Waals surface area contributed by atoms with Gasteiger partial charge in [-0.3, -0.25) is 9.59 Å². The summed E-state index contributed by atoms with van der Waals surface area (Å²) in [6.45, 7) is 5.50. The van der Waals surface area contributed by atoms with Crippen LogP contribution in [-0.2, 0) is 14.3 Å². The number of hydrogen-bond acceptors (Lipinski definition) is 3. The van der Waals surface area contributed by atoms with Crippen LogP contribution in [0.2, 0.25) is 0 Å². The summed E-state index contributed by atoms with van der Waals surface area (Å²) in [6.07, 6.45) is 3.42. The summed E-state index contributed by atoms with van der Waals surface area (Å²) in [5, 5.41) is 0. The number of Topliss-reactive ketones (excluding diaryl/α,β-unsaturated/α-hetero) is 1. The van der Waals surface area contributed by atoms with Crippen LogP contribution in [0.15, 0.2) is 24.0 Å². The van der Waals surface area contributed by atoms with Crippen molar-refractivity contribution in [3.63, 3.8) is 0 Å². The Labute approximate surface area is 136 Å². The lowest BCUT2D eigenvalue weighted by atomic mass is 9.80. The van der Waals surface area contributed by atoms with Crippen molar-refractivity contribution in [2.45, 2.75) is 40.0 Å². The van der Waals surface area contributed by atoms with Crippen molar-refractivity contribution in [3.8, 4) is 0 Å². The molecular weight excluding hydrogens is 288 g/mol. The molecule has 0 amide bonds. The molecule has 23 heavy (non-hydrogen) atoms. The molecule has 0 spiro atoms. The summed E-state index contributed by atoms with van der Waals surface area (Å²) in [5.41, 5.74) is 3.85. The fraction of sp³-hybridized carbons (Fsp3) is 0.500. The molecule has 0 aliphatic heterocycles. The lowest BCUT2D eigenvalue weighted by Gasteiger charge is -2.24. The monoisotopic (exact) mass is 310 g/mol. The summed E-state index contributed by atoms with van der Waals surface area (Å²) < 4.78 is 5.62. The molecular formula is C20H22O3. The number of carbonyl (C=O) groups is 2. The standard InChI is InChI=1S/C20H22O3/c1-10-4-7-15(11(2)8-10)18-19(22)16-13-5-6-14(9-13)17(16)20(18)23-12(3)21/h4,7-8,13-14,16-17H,5-6,9H2,1-3H3. The second-order valence-corrected chi connectivity index (χ2v) is 7.40. The molecule has 1 aromatic rings. The predicted molar refractivity (Wildman–Crippen MR) is 87.4 cm³/mol. The van der Waals surface area contributed by atoms with Crippen LogP contribution in [0.25, 0.3) is 5.57 Å². The number of rotatable bonds is 2. The van der Waals surface area contributed by atoms with Gasteiger partial charge in [0.05, 0.1) is 5.57 Å². The van der Waals surface area contributed by atoms with Gasteiger partial charge in [-0.1, -0.05) is 23.8 Å². The van der Waals surface area contributed by atoms with E-state index in [4.69, 9.17) is 4.74 Å². The average Bonchev–Trinajstić information content (AvgIpc) is 3.14. The minimum absolute atomic E-state index is 0.0406. The number of carbonyl (C=O) groups excluding carboxylic acids is 2. The van der Waals surface area contributed by atoms with E-state index in [1.54, 1.807) is 0 Å². The Balaban J connectivity index is 1.87. The van der Waals surface area contributed by atoms with Crippen LogP contribution in [0.1, 0.15) is 42.9 Å². The van der Waals surface area contributed by atoms with Gasteiger partial charge in [0.2, 0.25) is 0 Å². The molecule has 0 radical (unpaired) electrons. The Morgan fingerprint density at radius 2 is 1.83 bits per heavy atom. The average molecular weight is 310 g/mol. The van der Waals surface area contributed by atoms with Crippen LogP contribution in [-0.4, -0.2) is 11.8 Å². The first kappa shape index (κ1) is 14.7. The van der Waals surface area contributed by atoms with E-state index in [9.17, 15) is 9.59 Å². The van der Waals surface area contributed by atoms with Crippen LogP contribution in [0, 0.1) is 37.5 Å². The van der Waals surface area contributed by atoms with Gasteiger partial charge in [-0.2, -0.15) is 0 Å². The molecule has 0 heterocycles. The summed E-state index contributed by atoms with van der Waals surface area (Å²) in [6, 6.07) is 6.12. The molecule has 3 heteroatoms. The van der Waals surface area contributed by atoms with Gasteiger partial charge in [0, 0.05) is 18.8 Å². The zero-order valence-electron chi connectivity index (χ0n) is 13.9. The lowest BCUT2D eigenvalue weighted by molar-refractivity contribution is -0.138. The molecule has 4 unspecified atom stereocenters. The summed E-state index contributed by atoms with van der Waals surface area (Å²) in [5.74, 6) is 1.69. The van der Waals surface area contributed by atoms with Crippen molar-refractivity contribution in [2.75, 3.05) is 0 Å². The molecule has 1 aromatic carbocycles. The maximum Gasteiger partial charge on any atom is 0.307 e. The molecule has 2 saturated carbocycles. The fourth-order valence-electron chi connectivity index (χ4n) is 5.13. The van der Waals surface area contributed by atoms with Crippen molar-refractivity contribution in [3.05, 3.63) is 40.6 Å². The predicted octanol–water partition coefficient (Wildman–Crippen LogP) is 3.82. The van der Waals surface area contributed by atoms with E-state index in [2.05, 4.69) is 6.07 Å². The molecule has 0 saturated heterocycles. The number of allylic oxidation sites excluding steroid dienone is 2. The van der Waals surface area contributed by atoms with Gasteiger partial charge in [0.15, 0.2) is 5.78 Å². The van der Waals surface area contributed by atoms with E-state index in [-0.39, 0.29) is 23.6 Å². The SMILES string of the molecule is CC(=O)OC1=C(c2ccc(C)cc2C)C(=O)C2C3CCC(C3)C12. The van der Waals surface area contributed by atoms with Gasteiger partial charge in [-0.25, -0.2) is 0 Å². The minimum Gasteiger partial charge on any atom is -0.430 e. The van der Waals surface area contributed by atoms with Gasteiger partial charge in [-0.15, -0.1) is 0 Å². The minimum atomic E-state index is -0.321. The Hall–Kier alpha value is -1.90. The molecule has 120 valence electrons. The first-order valence-electron chi connectivity index (χ1n) is 8.51. The highest BCUT2D eigenvalue weighted by Crippen LogP contribution is 2.60. The Morgan fingerprint density at radius 3 is 2.48 bits per heavy atom. The zero-order chi connectivity index (χ0) is 16.3. The maximum atomic E-state index is 13.2. The molecule has 3 aliphatic rings. The highest BCUT2D eigenvalue weighted by molar-refractivity contribution is 6.25. The molecule has 2 fully saturated rings. The highest BCUT2D eigenvalue weighted by Gasteiger charge is 2.58. The van der Waals surface area contributed by atoms with Crippen LogP contribution >= 0.6 is 0 Å². The number of hydrogen-bond donors (Lipinski definition) is 0. The van der Waals surface area contributed by atoms with E-state index in [0.717, 1.165) is 30.4 Å². The van der Waals surface area contributed by atoms with E-state index < -0.39 is 0 Å². The number of ketones is 1. The summed E-state index contributed by atoms with van der Waals surface area (Å²) in [4.78, 5) is 24.8. The molecule has 4 atom stereocenters. The van der Waals surface area contributed by atoms with Crippen LogP contribution in [0.3, 0.4) is 0 Å². The third kappa shape index (κ3) is 2.09. The van der Waals surface area contributed by atoms with Crippen molar-refractivity contribution in [1.82, 2.24) is 0 Å². The van der Waals surface area contributed by atoms with Gasteiger partial charge in [0.1, 0.15) is 5.76 Å². The third-order valence-corrected chi connectivity index (χ3v) is 5.92. The van der Waals surface area contributed by atoms with Gasteiger partial charge in [0.25, 0.3) is 0 Å². The maximum absolute atomic E-state index is 13.2. The number of fused-ring (bicyclic) bond motifs is 5. The summed E-state index contributed by atoms with van der Waals surface area (Å²) in [7, 11) is 0. The first-order valence-corrected chi connectivity index (χ1v) is 8.51. The highest BCUT2D eigenvalue weighted by atomic mass is 16.5. The normalized spacial score (nSPS) is 31.7. The number of ether oxygens (including phenoxy) is 1. The van der Waals surface area contributed by atoms with Gasteiger partial charge < -0.3 is 4.74 Å². The van der Waals surface area contributed by atoms with Crippen LogP contribution in [0.5, 0.6) is 0 Å². The molecule has 3 aliphatic carbocycles. The summed E-state index contributed by atoms with van der Waals surface area (Å²) >= 11 is 0. The molecule has 3 nitrogen and oxygen atoms in total.